The molecule has 27 heavy (non-hydrogen) atoms. The van der Waals surface area contributed by atoms with E-state index in [1.807, 2.05) is 36.6 Å². The molecule has 0 heterocycles. The summed E-state index contributed by atoms with van der Waals surface area (Å²) in [6, 6.07) is 12.4. The quantitative estimate of drug-likeness (QED) is 0.547. The van der Waals surface area contributed by atoms with Crippen LogP contribution in [0.1, 0.15) is 37.7 Å². The first-order chi connectivity index (χ1) is 12.9. The smallest absolute Gasteiger partial charge is 0.151 e. The van der Waals surface area contributed by atoms with Gasteiger partial charge in [0.25, 0.3) is 0 Å². The predicted octanol–water partition coefficient (Wildman–Crippen LogP) is 4.83. The molecule has 1 saturated carbocycles. The first kappa shape index (κ1) is 19.5. The fourth-order valence-electron chi connectivity index (χ4n) is 3.59. The molecule has 3 rings (SSSR count). The number of hydrogen-bond donors (Lipinski definition) is 0. The Bertz CT molecular complexity index is 888. The lowest BCUT2D eigenvalue weighted by atomic mass is 9.75. The molecule has 0 amide bonds. The lowest BCUT2D eigenvalue weighted by molar-refractivity contribution is -0.142. The van der Waals surface area contributed by atoms with Gasteiger partial charge < -0.3 is 0 Å². The second-order valence-corrected chi connectivity index (χ2v) is 7.64. The van der Waals surface area contributed by atoms with Gasteiger partial charge in [-0.15, -0.1) is 11.8 Å². The van der Waals surface area contributed by atoms with Crippen molar-refractivity contribution in [3.05, 3.63) is 53.8 Å². The maximum atomic E-state index is 14.4. The zero-order chi connectivity index (χ0) is 19.6. The lowest BCUT2D eigenvalue weighted by Crippen LogP contribution is -2.37. The standard InChI is InChI=1S/C22H21FO3S/c1-3-19(24)22-20(25)10-15(11-21(22)26)13-5-4-6-14(9-13)17-8-7-16(27-2)12-18(17)23/h4-9,12,15,22H,3,10-11H2,1-2H3. The molecule has 0 aliphatic heterocycles. The van der Waals surface area contributed by atoms with Crippen molar-refractivity contribution < 1.29 is 18.8 Å². The van der Waals surface area contributed by atoms with Gasteiger partial charge in [-0.1, -0.05) is 37.3 Å². The van der Waals surface area contributed by atoms with Crippen LogP contribution in [0.3, 0.4) is 0 Å². The van der Waals surface area contributed by atoms with Crippen LogP contribution in [0.2, 0.25) is 0 Å². The van der Waals surface area contributed by atoms with Crippen LogP contribution in [0.25, 0.3) is 11.1 Å². The molecule has 0 unspecified atom stereocenters. The fraction of sp³-hybridized carbons (Fsp3) is 0.318. The Kier molecular flexibility index (Phi) is 5.90. The molecule has 1 aliphatic rings. The summed E-state index contributed by atoms with van der Waals surface area (Å²) in [7, 11) is 0. The lowest BCUT2D eigenvalue weighted by Gasteiger charge is -2.26. The van der Waals surface area contributed by atoms with Gasteiger partial charge >= 0.3 is 0 Å². The molecule has 0 aromatic heterocycles. The highest BCUT2D eigenvalue weighted by atomic mass is 32.2. The largest absolute Gasteiger partial charge is 0.298 e. The zero-order valence-electron chi connectivity index (χ0n) is 15.3. The van der Waals surface area contributed by atoms with Gasteiger partial charge in [-0.2, -0.15) is 0 Å². The summed E-state index contributed by atoms with van der Waals surface area (Å²) in [6.07, 6.45) is 2.41. The Morgan fingerprint density at radius 2 is 1.81 bits per heavy atom. The van der Waals surface area contributed by atoms with Crippen molar-refractivity contribution in [3.63, 3.8) is 0 Å². The maximum Gasteiger partial charge on any atom is 0.151 e. The number of hydrogen-bond acceptors (Lipinski definition) is 4. The van der Waals surface area contributed by atoms with E-state index in [1.54, 1.807) is 13.0 Å². The number of Topliss-reactive ketones (excluding diaryl/α,β-unsaturated/α-hetero) is 3. The predicted molar refractivity (Wildman–Crippen MR) is 104 cm³/mol. The summed E-state index contributed by atoms with van der Waals surface area (Å²) >= 11 is 1.47. The summed E-state index contributed by atoms with van der Waals surface area (Å²) in [6.45, 7) is 1.66. The number of halogens is 1. The van der Waals surface area contributed by atoms with Crippen LogP contribution in [0.15, 0.2) is 47.4 Å². The number of carbonyl (C=O) groups is 3. The minimum Gasteiger partial charge on any atom is -0.298 e. The molecular formula is C22H21FO3S. The molecule has 3 nitrogen and oxygen atoms in total. The molecule has 2 aromatic rings. The summed E-state index contributed by atoms with van der Waals surface area (Å²) in [5.74, 6) is -2.56. The van der Waals surface area contributed by atoms with Gasteiger partial charge in [0, 0.05) is 29.7 Å². The molecule has 0 atom stereocenters. The molecule has 0 spiro atoms. The summed E-state index contributed by atoms with van der Waals surface area (Å²) in [4.78, 5) is 37.5. The summed E-state index contributed by atoms with van der Waals surface area (Å²) in [5.41, 5.74) is 2.02. The van der Waals surface area contributed by atoms with E-state index in [2.05, 4.69) is 0 Å². The molecule has 5 heteroatoms. The Morgan fingerprint density at radius 1 is 1.11 bits per heavy atom. The topological polar surface area (TPSA) is 51.2 Å². The SMILES string of the molecule is CCC(=O)C1C(=O)CC(c2cccc(-c3ccc(SC)cc3F)c2)CC1=O. The monoisotopic (exact) mass is 384 g/mol. The van der Waals surface area contributed by atoms with Crippen molar-refractivity contribution >= 4 is 29.1 Å². The van der Waals surface area contributed by atoms with Gasteiger partial charge in [-0.3, -0.25) is 14.4 Å². The molecule has 0 bridgehead atoms. The highest BCUT2D eigenvalue weighted by Gasteiger charge is 2.39. The van der Waals surface area contributed by atoms with Crippen molar-refractivity contribution in [2.24, 2.45) is 5.92 Å². The third kappa shape index (κ3) is 4.03. The normalized spacial score (nSPS) is 20.0. The van der Waals surface area contributed by atoms with E-state index in [0.29, 0.717) is 11.1 Å². The molecule has 2 aromatic carbocycles. The highest BCUT2D eigenvalue weighted by Crippen LogP contribution is 2.35. The molecule has 0 saturated heterocycles. The second-order valence-electron chi connectivity index (χ2n) is 6.76. The van der Waals surface area contributed by atoms with Gasteiger partial charge in [0.2, 0.25) is 0 Å². The van der Waals surface area contributed by atoms with Gasteiger partial charge in [-0.25, -0.2) is 4.39 Å². The van der Waals surface area contributed by atoms with Gasteiger partial charge in [-0.05, 0) is 35.4 Å². The molecule has 0 N–H and O–H groups in total. The Morgan fingerprint density at radius 3 is 2.41 bits per heavy atom. The van der Waals surface area contributed by atoms with E-state index in [0.717, 1.165) is 10.5 Å². The van der Waals surface area contributed by atoms with Crippen LogP contribution >= 0.6 is 11.8 Å². The van der Waals surface area contributed by atoms with Crippen molar-refractivity contribution in [1.82, 2.24) is 0 Å². The van der Waals surface area contributed by atoms with E-state index in [-0.39, 0.29) is 48.3 Å². The van der Waals surface area contributed by atoms with Crippen molar-refractivity contribution in [2.45, 2.75) is 37.0 Å². The first-order valence-corrected chi connectivity index (χ1v) is 10.2. The van der Waals surface area contributed by atoms with Crippen LogP contribution in [-0.2, 0) is 14.4 Å². The minimum absolute atomic E-state index is 0.166. The maximum absolute atomic E-state index is 14.4. The molecule has 1 fully saturated rings. The van der Waals surface area contributed by atoms with Crippen LogP contribution in [-0.4, -0.2) is 23.6 Å². The van der Waals surface area contributed by atoms with Crippen LogP contribution in [0.4, 0.5) is 4.39 Å². The van der Waals surface area contributed by atoms with E-state index < -0.39 is 5.92 Å². The van der Waals surface area contributed by atoms with Crippen molar-refractivity contribution in [2.75, 3.05) is 6.26 Å². The highest BCUT2D eigenvalue weighted by molar-refractivity contribution is 7.98. The van der Waals surface area contributed by atoms with Gasteiger partial charge in [0.05, 0.1) is 0 Å². The van der Waals surface area contributed by atoms with E-state index in [4.69, 9.17) is 0 Å². The van der Waals surface area contributed by atoms with E-state index in [9.17, 15) is 18.8 Å². The fourth-order valence-corrected chi connectivity index (χ4v) is 4.01. The number of ketones is 3. The average molecular weight is 384 g/mol. The molecule has 0 radical (unpaired) electrons. The summed E-state index contributed by atoms with van der Waals surface area (Å²) < 4.78 is 14.4. The number of thioether (sulfide) groups is 1. The van der Waals surface area contributed by atoms with Crippen molar-refractivity contribution in [3.8, 4) is 11.1 Å². The van der Waals surface area contributed by atoms with Crippen LogP contribution < -0.4 is 0 Å². The summed E-state index contributed by atoms with van der Waals surface area (Å²) in [5, 5.41) is 0. The Hall–Kier alpha value is -2.27. The Labute approximate surface area is 162 Å². The van der Waals surface area contributed by atoms with E-state index >= 15 is 0 Å². The van der Waals surface area contributed by atoms with Crippen molar-refractivity contribution in [1.29, 1.82) is 0 Å². The average Bonchev–Trinajstić information content (AvgIpc) is 2.67. The number of carbonyl (C=O) groups excluding carboxylic acids is 3. The minimum atomic E-state index is -1.09. The third-order valence-corrected chi connectivity index (χ3v) is 5.78. The van der Waals surface area contributed by atoms with Crippen LogP contribution in [0, 0.1) is 11.7 Å². The third-order valence-electron chi connectivity index (χ3n) is 5.05. The van der Waals surface area contributed by atoms with Crippen LogP contribution in [0.5, 0.6) is 0 Å². The number of benzene rings is 2. The first-order valence-electron chi connectivity index (χ1n) is 8.96. The second kappa shape index (κ2) is 8.17. The van der Waals surface area contributed by atoms with E-state index in [1.165, 1.54) is 17.8 Å². The van der Waals surface area contributed by atoms with Gasteiger partial charge in [0.1, 0.15) is 11.7 Å². The number of rotatable bonds is 5. The van der Waals surface area contributed by atoms with Gasteiger partial charge in [0.15, 0.2) is 17.3 Å². The Balaban J connectivity index is 1.88. The molecular weight excluding hydrogens is 363 g/mol. The zero-order valence-corrected chi connectivity index (χ0v) is 16.1. The molecule has 140 valence electrons. The molecule has 1 aliphatic carbocycles.